The quantitative estimate of drug-likeness (QED) is 0.774. The van der Waals surface area contributed by atoms with Crippen LogP contribution in [0.2, 0.25) is 0 Å². The van der Waals surface area contributed by atoms with Crippen LogP contribution in [0.5, 0.6) is 0 Å². The summed E-state index contributed by atoms with van der Waals surface area (Å²) in [4.78, 5) is 11.5. The maximum absolute atomic E-state index is 11.5. The molecule has 0 aromatic heterocycles. The van der Waals surface area contributed by atoms with E-state index in [-0.39, 0.29) is 6.09 Å². The second-order valence-electron chi connectivity index (χ2n) is 6.04. The summed E-state index contributed by atoms with van der Waals surface area (Å²) in [6, 6.07) is 0. The fourth-order valence-corrected chi connectivity index (χ4v) is 2.00. The largest absolute Gasteiger partial charge is 0.444 e. The minimum atomic E-state index is -0.434. The van der Waals surface area contributed by atoms with Gasteiger partial charge in [-0.1, -0.05) is 23.8 Å². The van der Waals surface area contributed by atoms with Crippen LogP contribution in [0.1, 0.15) is 47.0 Å². The Balaban J connectivity index is 2.33. The number of nitrogens with one attached hydrogen (secondary N) is 1. The Hall–Kier alpha value is -1.25. The van der Waals surface area contributed by atoms with E-state index in [1.165, 1.54) is 11.1 Å². The molecule has 0 fully saturated rings. The van der Waals surface area contributed by atoms with Gasteiger partial charge in [0.1, 0.15) is 5.60 Å². The number of carbonyl (C=O) groups is 1. The van der Waals surface area contributed by atoms with Gasteiger partial charge in [0.15, 0.2) is 0 Å². The van der Waals surface area contributed by atoms with Gasteiger partial charge in [-0.05, 0) is 52.9 Å². The molecule has 0 aromatic carbocycles. The van der Waals surface area contributed by atoms with Gasteiger partial charge in [-0.2, -0.15) is 0 Å². The summed E-state index contributed by atoms with van der Waals surface area (Å²) in [5, 5.41) is 2.80. The molecule has 0 unspecified atom stereocenters. The summed E-state index contributed by atoms with van der Waals surface area (Å²) >= 11 is 0. The minimum absolute atomic E-state index is 0.342. The van der Waals surface area contributed by atoms with Crippen LogP contribution in [-0.2, 0) is 4.74 Å². The van der Waals surface area contributed by atoms with Crippen LogP contribution in [0.3, 0.4) is 0 Å². The van der Waals surface area contributed by atoms with Crippen LogP contribution < -0.4 is 5.32 Å². The van der Waals surface area contributed by atoms with Crippen molar-refractivity contribution in [2.24, 2.45) is 5.92 Å². The molecule has 1 atom stereocenters. The normalized spacial score (nSPS) is 20.0. The third kappa shape index (κ3) is 5.39. The molecule has 102 valence electrons. The Bertz CT molecular complexity index is 350. The van der Waals surface area contributed by atoms with Crippen molar-refractivity contribution >= 4 is 6.09 Å². The third-order valence-corrected chi connectivity index (χ3v) is 3.06. The molecule has 1 aliphatic rings. The molecule has 0 aromatic rings. The fourth-order valence-electron chi connectivity index (χ4n) is 2.00. The lowest BCUT2D eigenvalue weighted by molar-refractivity contribution is 0.0532. The van der Waals surface area contributed by atoms with Crippen LogP contribution in [0.15, 0.2) is 23.8 Å². The molecule has 1 aliphatic carbocycles. The smallest absolute Gasteiger partial charge is 0.407 e. The molecular weight excluding hydrogens is 226 g/mol. The number of amides is 1. The van der Waals surface area contributed by atoms with Crippen molar-refractivity contribution in [3.63, 3.8) is 0 Å². The molecule has 0 aliphatic heterocycles. The minimum Gasteiger partial charge on any atom is -0.444 e. The van der Waals surface area contributed by atoms with Crippen molar-refractivity contribution < 1.29 is 9.53 Å². The number of alkyl carbamates (subject to hydrolysis) is 1. The topological polar surface area (TPSA) is 38.3 Å². The summed E-state index contributed by atoms with van der Waals surface area (Å²) in [5.41, 5.74) is 2.11. The van der Waals surface area contributed by atoms with Crippen LogP contribution in [0.25, 0.3) is 0 Å². The van der Waals surface area contributed by atoms with Crippen molar-refractivity contribution in [1.82, 2.24) is 5.32 Å². The first-order chi connectivity index (χ1) is 8.28. The molecule has 3 nitrogen and oxygen atoms in total. The predicted molar refractivity (Wildman–Crippen MR) is 74.5 cm³/mol. The van der Waals surface area contributed by atoms with Gasteiger partial charge >= 0.3 is 6.09 Å². The van der Waals surface area contributed by atoms with Gasteiger partial charge in [-0.15, -0.1) is 0 Å². The van der Waals surface area contributed by atoms with Crippen LogP contribution in [0, 0.1) is 5.92 Å². The van der Waals surface area contributed by atoms with Gasteiger partial charge in [0.2, 0.25) is 0 Å². The van der Waals surface area contributed by atoms with E-state index < -0.39 is 5.60 Å². The average molecular weight is 251 g/mol. The van der Waals surface area contributed by atoms with E-state index in [2.05, 4.69) is 24.9 Å². The van der Waals surface area contributed by atoms with Gasteiger partial charge in [0.25, 0.3) is 0 Å². The van der Waals surface area contributed by atoms with Crippen molar-refractivity contribution in [3.8, 4) is 0 Å². The van der Waals surface area contributed by atoms with Gasteiger partial charge in [-0.25, -0.2) is 4.79 Å². The van der Waals surface area contributed by atoms with E-state index in [9.17, 15) is 4.79 Å². The lowest BCUT2D eigenvalue weighted by atomic mass is 9.85. The van der Waals surface area contributed by atoms with E-state index in [1.807, 2.05) is 20.8 Å². The summed E-state index contributed by atoms with van der Waals surface area (Å²) in [5.74, 6) is 0.607. The molecule has 1 amide bonds. The highest BCUT2D eigenvalue weighted by Crippen LogP contribution is 2.27. The molecule has 0 heterocycles. The highest BCUT2D eigenvalue weighted by molar-refractivity contribution is 5.68. The zero-order chi connectivity index (χ0) is 13.8. The number of allylic oxidation sites excluding steroid dienone is 2. The monoisotopic (exact) mass is 251 g/mol. The lowest BCUT2D eigenvalue weighted by Crippen LogP contribution is -2.33. The highest BCUT2D eigenvalue weighted by Gasteiger charge is 2.18. The predicted octanol–water partition coefficient (Wildman–Crippen LogP) is 3.81. The first-order valence-electron chi connectivity index (χ1n) is 6.58. The lowest BCUT2D eigenvalue weighted by Gasteiger charge is -2.23. The molecule has 1 N–H and O–H groups in total. The summed E-state index contributed by atoms with van der Waals surface area (Å²) in [6.45, 7) is 12.3. The molecule has 0 radical (unpaired) electrons. The zero-order valence-corrected chi connectivity index (χ0v) is 12.0. The van der Waals surface area contributed by atoms with Crippen molar-refractivity contribution in [3.05, 3.63) is 23.8 Å². The molecular formula is C15H25NO2. The Morgan fingerprint density at radius 2 is 2.22 bits per heavy atom. The average Bonchev–Trinajstić information content (AvgIpc) is 2.24. The molecule has 0 spiro atoms. The molecule has 3 heteroatoms. The number of ether oxygens (including phenoxy) is 1. The maximum Gasteiger partial charge on any atom is 0.407 e. The van der Waals surface area contributed by atoms with Crippen molar-refractivity contribution in [1.29, 1.82) is 0 Å². The molecule has 0 saturated carbocycles. The number of hydrogen-bond acceptors (Lipinski definition) is 2. The first kappa shape index (κ1) is 14.8. The molecule has 0 bridgehead atoms. The SMILES string of the molecule is C=C(C)[C@@H]1CC=C(CNC(=O)OC(C)(C)C)CC1. The highest BCUT2D eigenvalue weighted by atomic mass is 16.6. The van der Waals surface area contributed by atoms with Crippen molar-refractivity contribution in [2.75, 3.05) is 6.54 Å². The molecule has 18 heavy (non-hydrogen) atoms. The first-order valence-corrected chi connectivity index (χ1v) is 6.58. The van der Waals surface area contributed by atoms with Crippen LogP contribution in [-0.4, -0.2) is 18.2 Å². The second kappa shape index (κ2) is 6.07. The zero-order valence-electron chi connectivity index (χ0n) is 12.0. The van der Waals surface area contributed by atoms with Crippen LogP contribution in [0.4, 0.5) is 4.79 Å². The summed E-state index contributed by atoms with van der Waals surface area (Å²) in [6.07, 6.45) is 5.09. The summed E-state index contributed by atoms with van der Waals surface area (Å²) < 4.78 is 5.20. The number of rotatable bonds is 3. The van der Waals surface area contributed by atoms with Crippen LogP contribution >= 0.6 is 0 Å². The fraction of sp³-hybridized carbons (Fsp3) is 0.667. The number of carbonyl (C=O) groups excluding carboxylic acids is 1. The van der Waals surface area contributed by atoms with E-state index in [0.717, 1.165) is 19.3 Å². The van der Waals surface area contributed by atoms with E-state index >= 15 is 0 Å². The van der Waals surface area contributed by atoms with E-state index in [0.29, 0.717) is 12.5 Å². The van der Waals surface area contributed by atoms with Gasteiger partial charge in [-0.3, -0.25) is 0 Å². The number of hydrogen-bond donors (Lipinski definition) is 1. The van der Waals surface area contributed by atoms with Gasteiger partial charge in [0, 0.05) is 6.54 Å². The van der Waals surface area contributed by atoms with Gasteiger partial charge < -0.3 is 10.1 Å². The van der Waals surface area contributed by atoms with Crippen molar-refractivity contribution in [2.45, 2.75) is 52.6 Å². The Labute approximate surface area is 110 Å². The van der Waals surface area contributed by atoms with Gasteiger partial charge in [0.05, 0.1) is 0 Å². The Kier molecular flexibility index (Phi) is 5.00. The standard InChI is InChI=1S/C15H25NO2/c1-11(2)13-8-6-12(7-9-13)10-16-14(17)18-15(3,4)5/h6,13H,1,7-10H2,2-5H3,(H,16,17)/t13-/m1/s1. The second-order valence-corrected chi connectivity index (χ2v) is 6.04. The Morgan fingerprint density at radius 3 is 2.67 bits per heavy atom. The summed E-state index contributed by atoms with van der Waals surface area (Å²) in [7, 11) is 0. The van der Waals surface area contributed by atoms with E-state index in [4.69, 9.17) is 4.74 Å². The third-order valence-electron chi connectivity index (χ3n) is 3.06. The van der Waals surface area contributed by atoms with E-state index in [1.54, 1.807) is 0 Å². The Morgan fingerprint density at radius 1 is 1.56 bits per heavy atom. The maximum atomic E-state index is 11.5. The molecule has 0 saturated heterocycles. The molecule has 1 rings (SSSR count).